The fourth-order valence-corrected chi connectivity index (χ4v) is 1.33. The van der Waals surface area contributed by atoms with E-state index in [2.05, 4.69) is 0 Å². The minimum atomic E-state index is -1.16. The van der Waals surface area contributed by atoms with Crippen LogP contribution in [0.15, 0.2) is 12.1 Å². The molecule has 0 radical (unpaired) electrons. The summed E-state index contributed by atoms with van der Waals surface area (Å²) in [4.78, 5) is 21.6. The predicted octanol–water partition coefficient (Wildman–Crippen LogP) is 0.850. The largest absolute Gasteiger partial charge is 0.478 e. The van der Waals surface area contributed by atoms with Crippen LogP contribution in [0.2, 0.25) is 0 Å². The zero-order chi connectivity index (χ0) is 11.6. The molecule has 0 bridgehead atoms. The van der Waals surface area contributed by atoms with Gasteiger partial charge in [0.15, 0.2) is 0 Å². The fraction of sp³-hybridized carbons (Fsp3) is 0.200. The van der Waals surface area contributed by atoms with Gasteiger partial charge in [-0.25, -0.2) is 9.59 Å². The van der Waals surface area contributed by atoms with Crippen molar-refractivity contribution in [2.75, 3.05) is 0 Å². The van der Waals surface area contributed by atoms with Gasteiger partial charge in [0.25, 0.3) is 0 Å². The molecule has 5 nitrogen and oxygen atoms in total. The van der Waals surface area contributed by atoms with Gasteiger partial charge in [0.2, 0.25) is 0 Å². The van der Waals surface area contributed by atoms with Crippen LogP contribution < -0.4 is 5.73 Å². The summed E-state index contributed by atoms with van der Waals surface area (Å²) < 4.78 is 0. The Labute approximate surface area is 86.1 Å². The molecule has 4 N–H and O–H groups in total. The van der Waals surface area contributed by atoms with Gasteiger partial charge in [-0.15, -0.1) is 0 Å². The van der Waals surface area contributed by atoms with Crippen LogP contribution in [0.3, 0.4) is 0 Å². The lowest BCUT2D eigenvalue weighted by Crippen LogP contribution is -2.10. The minimum Gasteiger partial charge on any atom is -0.478 e. The summed E-state index contributed by atoms with van der Waals surface area (Å²) >= 11 is 0. The molecule has 0 aromatic heterocycles. The normalized spacial score (nSPS) is 10.0. The van der Waals surface area contributed by atoms with Gasteiger partial charge in [-0.2, -0.15) is 0 Å². The second kappa shape index (κ2) is 4.10. The number of hydrogen-bond donors (Lipinski definition) is 3. The SMILES string of the molecule is Cc1c(CN)cc(C(=O)O)cc1C(=O)O. The average molecular weight is 209 g/mol. The van der Waals surface area contributed by atoms with Crippen LogP contribution in [0.4, 0.5) is 0 Å². The van der Waals surface area contributed by atoms with Crippen molar-refractivity contribution in [2.24, 2.45) is 5.73 Å². The molecule has 0 aliphatic heterocycles. The van der Waals surface area contributed by atoms with Gasteiger partial charge in [-0.05, 0) is 30.2 Å². The van der Waals surface area contributed by atoms with Crippen molar-refractivity contribution >= 4 is 11.9 Å². The first kappa shape index (κ1) is 11.2. The molecule has 1 rings (SSSR count). The number of carbonyl (C=O) groups is 2. The van der Waals surface area contributed by atoms with E-state index in [9.17, 15) is 9.59 Å². The third-order valence-corrected chi connectivity index (χ3v) is 2.21. The lowest BCUT2D eigenvalue weighted by atomic mass is 9.98. The Bertz CT molecular complexity index is 426. The first-order valence-electron chi connectivity index (χ1n) is 4.27. The van der Waals surface area contributed by atoms with Gasteiger partial charge < -0.3 is 15.9 Å². The molecule has 0 fully saturated rings. The Kier molecular flexibility index (Phi) is 3.06. The topological polar surface area (TPSA) is 101 Å². The number of nitrogens with two attached hydrogens (primary N) is 1. The van der Waals surface area contributed by atoms with Crippen molar-refractivity contribution in [1.82, 2.24) is 0 Å². The zero-order valence-corrected chi connectivity index (χ0v) is 8.15. The summed E-state index contributed by atoms with van der Waals surface area (Å²) in [7, 11) is 0. The van der Waals surface area contributed by atoms with Gasteiger partial charge in [0.05, 0.1) is 11.1 Å². The number of carboxylic acid groups (broad SMARTS) is 2. The van der Waals surface area contributed by atoms with Crippen molar-refractivity contribution in [3.8, 4) is 0 Å². The smallest absolute Gasteiger partial charge is 0.335 e. The number of rotatable bonds is 3. The van der Waals surface area contributed by atoms with E-state index in [4.69, 9.17) is 15.9 Å². The summed E-state index contributed by atoms with van der Waals surface area (Å²) in [5.41, 5.74) is 6.37. The summed E-state index contributed by atoms with van der Waals surface area (Å²) in [6.45, 7) is 1.73. The molecule has 0 aliphatic carbocycles. The quantitative estimate of drug-likeness (QED) is 0.685. The Morgan fingerprint density at radius 3 is 2.27 bits per heavy atom. The van der Waals surface area contributed by atoms with Gasteiger partial charge in [-0.1, -0.05) is 0 Å². The summed E-state index contributed by atoms with van der Waals surface area (Å²) in [6, 6.07) is 2.53. The van der Waals surface area contributed by atoms with E-state index in [1.165, 1.54) is 6.07 Å². The molecule has 5 heteroatoms. The molecule has 0 heterocycles. The van der Waals surface area contributed by atoms with E-state index in [1.54, 1.807) is 6.92 Å². The van der Waals surface area contributed by atoms with Crippen molar-refractivity contribution in [1.29, 1.82) is 0 Å². The van der Waals surface area contributed by atoms with E-state index in [0.29, 0.717) is 11.1 Å². The maximum absolute atomic E-state index is 10.8. The third-order valence-electron chi connectivity index (χ3n) is 2.21. The van der Waals surface area contributed by atoms with Crippen molar-refractivity contribution < 1.29 is 19.8 Å². The van der Waals surface area contributed by atoms with Crippen molar-refractivity contribution in [3.63, 3.8) is 0 Å². The molecule has 0 aliphatic rings. The zero-order valence-electron chi connectivity index (χ0n) is 8.15. The highest BCUT2D eigenvalue weighted by Crippen LogP contribution is 2.17. The van der Waals surface area contributed by atoms with E-state index in [1.807, 2.05) is 0 Å². The van der Waals surface area contributed by atoms with Crippen LogP contribution in [0, 0.1) is 6.92 Å². The molecular formula is C10H11NO4. The number of aromatic carboxylic acids is 2. The van der Waals surface area contributed by atoms with Gasteiger partial charge in [0, 0.05) is 6.54 Å². The fourth-order valence-electron chi connectivity index (χ4n) is 1.33. The molecule has 0 spiro atoms. The highest BCUT2D eigenvalue weighted by Gasteiger charge is 2.14. The Morgan fingerprint density at radius 2 is 1.87 bits per heavy atom. The third kappa shape index (κ3) is 2.13. The number of benzene rings is 1. The summed E-state index contributed by atoms with van der Waals surface area (Å²) in [6.07, 6.45) is 0. The van der Waals surface area contributed by atoms with Crippen LogP contribution in [0.25, 0.3) is 0 Å². The molecule has 0 saturated carbocycles. The molecule has 80 valence electrons. The Morgan fingerprint density at radius 1 is 1.27 bits per heavy atom. The summed E-state index contributed by atoms with van der Waals surface area (Å²) in [5.74, 6) is -2.31. The first-order chi connectivity index (χ1) is 6.97. The second-order valence-corrected chi connectivity index (χ2v) is 3.12. The van der Waals surface area contributed by atoms with Crippen LogP contribution in [0.5, 0.6) is 0 Å². The van der Waals surface area contributed by atoms with E-state index in [0.717, 1.165) is 6.07 Å². The molecule has 1 aromatic carbocycles. The molecule has 0 amide bonds. The van der Waals surface area contributed by atoms with Crippen LogP contribution in [-0.2, 0) is 6.54 Å². The minimum absolute atomic E-state index is 0.0182. The number of carboxylic acids is 2. The van der Waals surface area contributed by atoms with Crippen LogP contribution in [-0.4, -0.2) is 22.2 Å². The van der Waals surface area contributed by atoms with Crippen molar-refractivity contribution in [2.45, 2.75) is 13.5 Å². The molecule has 1 aromatic rings. The molecular weight excluding hydrogens is 198 g/mol. The van der Waals surface area contributed by atoms with E-state index < -0.39 is 11.9 Å². The average Bonchev–Trinajstić information content (AvgIpc) is 2.17. The number of hydrogen-bond acceptors (Lipinski definition) is 3. The summed E-state index contributed by atoms with van der Waals surface area (Å²) in [5, 5.41) is 17.6. The van der Waals surface area contributed by atoms with Gasteiger partial charge >= 0.3 is 11.9 Å². The van der Waals surface area contributed by atoms with E-state index in [-0.39, 0.29) is 17.7 Å². The predicted molar refractivity (Wildman–Crippen MR) is 53.0 cm³/mol. The molecule has 0 saturated heterocycles. The highest BCUT2D eigenvalue weighted by molar-refractivity contribution is 5.95. The Hall–Kier alpha value is -1.88. The molecule has 15 heavy (non-hydrogen) atoms. The lowest BCUT2D eigenvalue weighted by molar-refractivity contribution is 0.0695. The Balaban J connectivity index is 3.45. The molecule has 0 atom stereocenters. The lowest BCUT2D eigenvalue weighted by Gasteiger charge is -2.08. The maximum Gasteiger partial charge on any atom is 0.335 e. The van der Waals surface area contributed by atoms with Crippen molar-refractivity contribution in [3.05, 3.63) is 34.4 Å². The monoisotopic (exact) mass is 209 g/mol. The van der Waals surface area contributed by atoms with Crippen LogP contribution >= 0.6 is 0 Å². The second-order valence-electron chi connectivity index (χ2n) is 3.12. The van der Waals surface area contributed by atoms with Gasteiger partial charge in [-0.3, -0.25) is 0 Å². The van der Waals surface area contributed by atoms with Crippen LogP contribution in [0.1, 0.15) is 31.8 Å². The molecule has 0 unspecified atom stereocenters. The maximum atomic E-state index is 10.8. The van der Waals surface area contributed by atoms with Gasteiger partial charge in [0.1, 0.15) is 0 Å². The standard InChI is InChI=1S/C10H11NO4/c1-5-7(4-11)2-6(9(12)13)3-8(5)10(14)15/h2-3H,4,11H2,1H3,(H,12,13)(H,14,15). The highest BCUT2D eigenvalue weighted by atomic mass is 16.4. The van der Waals surface area contributed by atoms with E-state index >= 15 is 0 Å². The first-order valence-corrected chi connectivity index (χ1v) is 4.27.